The van der Waals surface area contributed by atoms with Gasteiger partial charge in [-0.2, -0.15) is 0 Å². The molecule has 0 bridgehead atoms. The van der Waals surface area contributed by atoms with Crippen LogP contribution in [0.15, 0.2) is 5.16 Å². The van der Waals surface area contributed by atoms with Crippen molar-refractivity contribution in [3.8, 4) is 0 Å². The zero-order chi connectivity index (χ0) is 13.9. The van der Waals surface area contributed by atoms with E-state index in [9.17, 15) is 4.79 Å². The summed E-state index contributed by atoms with van der Waals surface area (Å²) in [6.07, 6.45) is 4.25. The molecule has 1 saturated heterocycles. The summed E-state index contributed by atoms with van der Waals surface area (Å²) in [5.41, 5.74) is 5.04. The summed E-state index contributed by atoms with van der Waals surface area (Å²) in [6, 6.07) is 0. The van der Waals surface area contributed by atoms with Gasteiger partial charge < -0.3 is 20.6 Å². The second-order valence-electron chi connectivity index (χ2n) is 5.64. The number of likely N-dealkylation sites (tertiary alicyclic amines) is 1. The maximum Gasteiger partial charge on any atom is 0.236 e. The van der Waals surface area contributed by atoms with E-state index in [0.717, 1.165) is 25.8 Å². The third-order valence-electron chi connectivity index (χ3n) is 4.44. The van der Waals surface area contributed by atoms with Gasteiger partial charge in [0.2, 0.25) is 5.91 Å². The van der Waals surface area contributed by atoms with E-state index in [1.807, 2.05) is 4.90 Å². The van der Waals surface area contributed by atoms with Crippen LogP contribution in [0.1, 0.15) is 32.1 Å². The molecule has 1 unspecified atom stereocenters. The Morgan fingerprint density at radius 2 is 2.21 bits per heavy atom. The van der Waals surface area contributed by atoms with Crippen LogP contribution in [0.5, 0.6) is 0 Å². The summed E-state index contributed by atoms with van der Waals surface area (Å²) in [6.45, 7) is 2.14. The Kier molecular flexibility index (Phi) is 4.29. The van der Waals surface area contributed by atoms with Crippen molar-refractivity contribution < 1.29 is 14.7 Å². The highest BCUT2D eigenvalue weighted by Gasteiger charge is 2.48. The van der Waals surface area contributed by atoms with E-state index in [-0.39, 0.29) is 11.7 Å². The molecule has 0 spiro atoms. The minimum absolute atomic E-state index is 0.0268. The van der Waals surface area contributed by atoms with Crippen LogP contribution in [0.25, 0.3) is 0 Å². The fourth-order valence-electron chi connectivity index (χ4n) is 3.35. The molecule has 1 amide bonds. The number of ether oxygens (including phenoxy) is 1. The predicted molar refractivity (Wildman–Crippen MR) is 70.9 cm³/mol. The van der Waals surface area contributed by atoms with Gasteiger partial charge in [0.15, 0.2) is 5.84 Å². The normalized spacial score (nSPS) is 26.9. The molecule has 6 nitrogen and oxygen atoms in total. The summed E-state index contributed by atoms with van der Waals surface area (Å²) in [5.74, 6) is 0.504. The number of carbonyl (C=O) groups is 1. The topological polar surface area (TPSA) is 88.2 Å². The van der Waals surface area contributed by atoms with E-state index in [4.69, 9.17) is 15.7 Å². The maximum atomic E-state index is 12.7. The standard InChI is InChI=1S/C13H23N3O3/c1-19-9-10-4-7-16(8-10)12(17)13(11(14)15-18)5-2-3-6-13/h10,18H,2-9H2,1H3,(H2,14,15). The van der Waals surface area contributed by atoms with Gasteiger partial charge in [0.05, 0.1) is 6.61 Å². The molecule has 0 aromatic heterocycles. The van der Waals surface area contributed by atoms with Crippen molar-refractivity contribution in [3.63, 3.8) is 0 Å². The van der Waals surface area contributed by atoms with E-state index >= 15 is 0 Å². The van der Waals surface area contributed by atoms with E-state index in [1.54, 1.807) is 7.11 Å². The fourth-order valence-corrected chi connectivity index (χ4v) is 3.35. The van der Waals surface area contributed by atoms with Gasteiger partial charge in [0.1, 0.15) is 5.41 Å². The maximum absolute atomic E-state index is 12.7. The van der Waals surface area contributed by atoms with Crippen LogP contribution in [-0.2, 0) is 9.53 Å². The zero-order valence-electron chi connectivity index (χ0n) is 11.5. The van der Waals surface area contributed by atoms with Crippen LogP contribution < -0.4 is 5.73 Å². The monoisotopic (exact) mass is 269 g/mol. The first-order chi connectivity index (χ1) is 9.14. The summed E-state index contributed by atoms with van der Waals surface area (Å²) in [5, 5.41) is 12.1. The second kappa shape index (κ2) is 5.77. The Bertz CT molecular complexity index is 364. The van der Waals surface area contributed by atoms with Crippen molar-refractivity contribution in [2.75, 3.05) is 26.8 Å². The first-order valence-electron chi connectivity index (χ1n) is 6.90. The van der Waals surface area contributed by atoms with Gasteiger partial charge in [-0.3, -0.25) is 4.79 Å². The number of hydrogen-bond acceptors (Lipinski definition) is 4. The SMILES string of the molecule is COCC1CCN(C(=O)C2(C(N)=NO)CCCC2)C1. The average molecular weight is 269 g/mol. The molecular weight excluding hydrogens is 246 g/mol. The van der Waals surface area contributed by atoms with E-state index in [2.05, 4.69) is 5.16 Å². The summed E-state index contributed by atoms with van der Waals surface area (Å²) in [4.78, 5) is 14.6. The molecule has 1 aliphatic heterocycles. The van der Waals surface area contributed by atoms with Gasteiger partial charge in [0.25, 0.3) is 0 Å². The Morgan fingerprint density at radius 3 is 2.79 bits per heavy atom. The highest BCUT2D eigenvalue weighted by atomic mass is 16.5. The molecule has 1 saturated carbocycles. The Balaban J connectivity index is 2.09. The number of oxime groups is 1. The molecule has 3 N–H and O–H groups in total. The molecule has 1 heterocycles. The Hall–Kier alpha value is -1.30. The lowest BCUT2D eigenvalue weighted by atomic mass is 9.83. The van der Waals surface area contributed by atoms with Gasteiger partial charge in [-0.1, -0.05) is 18.0 Å². The van der Waals surface area contributed by atoms with Gasteiger partial charge in [-0.15, -0.1) is 0 Å². The quantitative estimate of drug-likeness (QED) is 0.342. The van der Waals surface area contributed by atoms with Crippen molar-refractivity contribution in [1.82, 2.24) is 4.90 Å². The second-order valence-corrected chi connectivity index (χ2v) is 5.64. The van der Waals surface area contributed by atoms with Crippen molar-refractivity contribution in [1.29, 1.82) is 0 Å². The predicted octanol–water partition coefficient (Wildman–Crippen LogP) is 0.788. The van der Waals surface area contributed by atoms with Crippen LogP contribution in [0.3, 0.4) is 0 Å². The molecule has 2 rings (SSSR count). The third kappa shape index (κ3) is 2.54. The third-order valence-corrected chi connectivity index (χ3v) is 4.44. The lowest BCUT2D eigenvalue weighted by molar-refractivity contribution is -0.137. The lowest BCUT2D eigenvalue weighted by Crippen LogP contribution is -2.49. The molecule has 1 aliphatic carbocycles. The van der Waals surface area contributed by atoms with Crippen molar-refractivity contribution in [2.45, 2.75) is 32.1 Å². The Morgan fingerprint density at radius 1 is 1.53 bits per heavy atom. The number of carbonyl (C=O) groups excluding carboxylic acids is 1. The van der Waals surface area contributed by atoms with Gasteiger partial charge >= 0.3 is 0 Å². The number of amidine groups is 1. The number of nitrogens with two attached hydrogens (primary N) is 1. The number of methoxy groups -OCH3 is 1. The first kappa shape index (κ1) is 14.1. The molecule has 2 fully saturated rings. The summed E-state index contributed by atoms with van der Waals surface area (Å²) >= 11 is 0. The first-order valence-corrected chi connectivity index (χ1v) is 6.90. The van der Waals surface area contributed by atoms with Crippen molar-refractivity contribution in [2.24, 2.45) is 22.2 Å². The van der Waals surface area contributed by atoms with Crippen LogP contribution in [0.4, 0.5) is 0 Å². The van der Waals surface area contributed by atoms with Gasteiger partial charge in [-0.25, -0.2) is 0 Å². The minimum Gasteiger partial charge on any atom is -0.409 e. The summed E-state index contributed by atoms with van der Waals surface area (Å²) in [7, 11) is 1.68. The molecule has 0 radical (unpaired) electrons. The molecule has 1 atom stereocenters. The average Bonchev–Trinajstić information content (AvgIpc) is 3.07. The highest BCUT2D eigenvalue weighted by molar-refractivity contribution is 6.07. The number of amides is 1. The molecule has 2 aliphatic rings. The Labute approximate surface area is 113 Å². The molecular formula is C13H23N3O3. The smallest absolute Gasteiger partial charge is 0.236 e. The van der Waals surface area contributed by atoms with Crippen molar-refractivity contribution >= 4 is 11.7 Å². The molecule has 19 heavy (non-hydrogen) atoms. The lowest BCUT2D eigenvalue weighted by Gasteiger charge is -2.31. The number of hydrogen-bond donors (Lipinski definition) is 2. The summed E-state index contributed by atoms with van der Waals surface area (Å²) < 4.78 is 5.15. The van der Waals surface area contributed by atoms with Crippen LogP contribution in [0.2, 0.25) is 0 Å². The van der Waals surface area contributed by atoms with Crippen LogP contribution in [-0.4, -0.2) is 48.7 Å². The molecule has 6 heteroatoms. The molecule has 108 valence electrons. The van der Waals surface area contributed by atoms with E-state index in [1.165, 1.54) is 0 Å². The van der Waals surface area contributed by atoms with Crippen LogP contribution >= 0.6 is 0 Å². The largest absolute Gasteiger partial charge is 0.409 e. The molecule has 0 aromatic rings. The van der Waals surface area contributed by atoms with Crippen molar-refractivity contribution in [3.05, 3.63) is 0 Å². The number of rotatable bonds is 4. The van der Waals surface area contributed by atoms with Crippen LogP contribution in [0, 0.1) is 11.3 Å². The molecule has 0 aromatic carbocycles. The zero-order valence-corrected chi connectivity index (χ0v) is 11.5. The van der Waals surface area contributed by atoms with E-state index in [0.29, 0.717) is 31.9 Å². The van der Waals surface area contributed by atoms with E-state index < -0.39 is 5.41 Å². The van der Waals surface area contributed by atoms with Gasteiger partial charge in [0, 0.05) is 26.1 Å². The fraction of sp³-hybridized carbons (Fsp3) is 0.846. The highest BCUT2D eigenvalue weighted by Crippen LogP contribution is 2.41. The van der Waals surface area contributed by atoms with Gasteiger partial charge in [-0.05, 0) is 19.3 Å². The minimum atomic E-state index is -0.767. The number of nitrogens with zero attached hydrogens (tertiary/aromatic N) is 2.